The van der Waals surface area contributed by atoms with E-state index in [4.69, 9.17) is 23.7 Å². The third-order valence-corrected chi connectivity index (χ3v) is 3.80. The number of esters is 3. The summed E-state index contributed by atoms with van der Waals surface area (Å²) >= 11 is 0. The fourth-order valence-electron chi connectivity index (χ4n) is 2.89. The van der Waals surface area contributed by atoms with Gasteiger partial charge >= 0.3 is 24.0 Å². The number of hydrogen-bond donors (Lipinski definition) is 2. The molecule has 0 saturated carbocycles. The van der Waals surface area contributed by atoms with Crippen LogP contribution in [0, 0.1) is 0 Å². The Bertz CT molecular complexity index is 702. The maximum atomic E-state index is 12.5. The van der Waals surface area contributed by atoms with Crippen LogP contribution in [-0.4, -0.2) is 72.7 Å². The van der Waals surface area contributed by atoms with Crippen LogP contribution < -0.4 is 10.6 Å². The minimum atomic E-state index is -1.38. The lowest BCUT2D eigenvalue weighted by Crippen LogP contribution is -2.70. The Balaban J connectivity index is 3.36. The highest BCUT2D eigenvalue weighted by atomic mass is 16.7. The van der Waals surface area contributed by atoms with Gasteiger partial charge in [-0.25, -0.2) is 4.79 Å². The highest BCUT2D eigenvalue weighted by molar-refractivity contribution is 5.74. The standard InChI is InChI=1S/C19H30N2O10/c1-9(22)20-15-14(21-18(26)31-19(5,6)7)16(28-11(3)24)13(8-27-10(2)23)30-17(15)29-12(4)25/h13-17H,8H2,1-7H3,(H,20,22)(H,21,26)/t13-,14-,15+,16-,17-/m1/s1. The van der Waals surface area contributed by atoms with Crippen molar-refractivity contribution in [2.75, 3.05) is 6.61 Å². The van der Waals surface area contributed by atoms with Crippen molar-refractivity contribution in [3.05, 3.63) is 0 Å². The Kier molecular flexibility index (Phi) is 9.22. The Morgan fingerprint density at radius 1 is 0.839 bits per heavy atom. The first-order valence-corrected chi connectivity index (χ1v) is 9.59. The van der Waals surface area contributed by atoms with Gasteiger partial charge in [0.1, 0.15) is 24.4 Å². The number of carbonyl (C=O) groups is 5. The summed E-state index contributed by atoms with van der Waals surface area (Å²) in [6.07, 6.45) is -4.59. The Hall–Kier alpha value is -2.89. The van der Waals surface area contributed by atoms with E-state index in [0.717, 1.165) is 13.8 Å². The number of amides is 2. The van der Waals surface area contributed by atoms with Gasteiger partial charge in [0.2, 0.25) is 12.2 Å². The molecule has 2 N–H and O–H groups in total. The van der Waals surface area contributed by atoms with Gasteiger partial charge in [0.25, 0.3) is 0 Å². The van der Waals surface area contributed by atoms with Crippen molar-refractivity contribution >= 4 is 29.9 Å². The van der Waals surface area contributed by atoms with Crippen molar-refractivity contribution < 1.29 is 47.7 Å². The highest BCUT2D eigenvalue weighted by Crippen LogP contribution is 2.26. The zero-order valence-electron chi connectivity index (χ0n) is 18.7. The summed E-state index contributed by atoms with van der Waals surface area (Å²) in [4.78, 5) is 58.9. The maximum Gasteiger partial charge on any atom is 0.408 e. The molecule has 1 rings (SSSR count). The average molecular weight is 446 g/mol. The second-order valence-electron chi connectivity index (χ2n) is 7.93. The van der Waals surface area contributed by atoms with Gasteiger partial charge in [-0.15, -0.1) is 0 Å². The van der Waals surface area contributed by atoms with Crippen molar-refractivity contribution in [3.63, 3.8) is 0 Å². The molecule has 0 radical (unpaired) electrons. The molecule has 31 heavy (non-hydrogen) atoms. The molecule has 176 valence electrons. The Morgan fingerprint density at radius 3 is 1.87 bits per heavy atom. The van der Waals surface area contributed by atoms with Gasteiger partial charge < -0.3 is 34.3 Å². The van der Waals surface area contributed by atoms with Gasteiger partial charge in [0.15, 0.2) is 6.10 Å². The maximum absolute atomic E-state index is 12.5. The number of hydrogen-bond acceptors (Lipinski definition) is 10. The SMILES string of the molecule is CC(=O)N[C@@H]1[C@H](OC(C)=O)O[C@H](COC(C)=O)[C@@H](OC(C)=O)[C@@H]1NC(=O)OC(C)(C)C. The van der Waals surface area contributed by atoms with Crippen LogP contribution in [0.3, 0.4) is 0 Å². The summed E-state index contributed by atoms with van der Waals surface area (Å²) in [5.74, 6) is -2.60. The summed E-state index contributed by atoms with van der Waals surface area (Å²) in [7, 11) is 0. The number of ether oxygens (including phenoxy) is 5. The van der Waals surface area contributed by atoms with E-state index < -0.39 is 66.1 Å². The van der Waals surface area contributed by atoms with Crippen LogP contribution in [-0.2, 0) is 42.9 Å². The molecule has 12 nitrogen and oxygen atoms in total. The molecule has 0 aromatic heterocycles. The van der Waals surface area contributed by atoms with E-state index >= 15 is 0 Å². The molecule has 1 aliphatic rings. The molecule has 0 aromatic rings. The molecular weight excluding hydrogens is 416 g/mol. The average Bonchev–Trinajstić information content (AvgIpc) is 2.55. The molecule has 0 bridgehead atoms. The first kappa shape index (κ1) is 26.1. The van der Waals surface area contributed by atoms with Gasteiger partial charge in [-0.2, -0.15) is 0 Å². The molecule has 0 aromatic carbocycles. The monoisotopic (exact) mass is 446 g/mol. The molecule has 0 unspecified atom stereocenters. The first-order valence-electron chi connectivity index (χ1n) is 9.59. The third kappa shape index (κ3) is 9.20. The van der Waals surface area contributed by atoms with Crippen LogP contribution in [0.1, 0.15) is 48.5 Å². The summed E-state index contributed by atoms with van der Waals surface area (Å²) in [5, 5.41) is 5.08. The third-order valence-electron chi connectivity index (χ3n) is 3.80. The molecule has 1 aliphatic heterocycles. The summed E-state index contributed by atoms with van der Waals surface area (Å²) in [5.41, 5.74) is -0.845. The van der Waals surface area contributed by atoms with Crippen molar-refractivity contribution in [1.82, 2.24) is 10.6 Å². The zero-order valence-corrected chi connectivity index (χ0v) is 18.7. The van der Waals surface area contributed by atoms with Crippen LogP contribution in [0.2, 0.25) is 0 Å². The Labute approximate surface area is 180 Å². The minimum absolute atomic E-state index is 0.371. The minimum Gasteiger partial charge on any atom is -0.463 e. The lowest BCUT2D eigenvalue weighted by atomic mass is 9.93. The van der Waals surface area contributed by atoms with E-state index in [1.165, 1.54) is 13.8 Å². The largest absolute Gasteiger partial charge is 0.463 e. The predicted molar refractivity (Wildman–Crippen MR) is 103 cm³/mol. The molecule has 1 saturated heterocycles. The van der Waals surface area contributed by atoms with Crippen LogP contribution in [0.25, 0.3) is 0 Å². The second-order valence-corrected chi connectivity index (χ2v) is 7.93. The highest BCUT2D eigenvalue weighted by Gasteiger charge is 2.51. The van der Waals surface area contributed by atoms with E-state index in [1.807, 2.05) is 0 Å². The van der Waals surface area contributed by atoms with Gasteiger partial charge in [0, 0.05) is 27.7 Å². The number of nitrogens with one attached hydrogen (secondary N) is 2. The molecular formula is C19H30N2O10. The van der Waals surface area contributed by atoms with E-state index in [-0.39, 0.29) is 6.61 Å². The van der Waals surface area contributed by atoms with E-state index in [1.54, 1.807) is 20.8 Å². The fraction of sp³-hybridized carbons (Fsp3) is 0.737. The first-order chi connectivity index (χ1) is 14.2. The topological polar surface area (TPSA) is 156 Å². The zero-order chi connectivity index (χ0) is 23.9. The lowest BCUT2D eigenvalue weighted by molar-refractivity contribution is -0.249. The lowest BCUT2D eigenvalue weighted by Gasteiger charge is -2.45. The van der Waals surface area contributed by atoms with Crippen molar-refractivity contribution in [1.29, 1.82) is 0 Å². The normalized spacial score (nSPS) is 25.6. The van der Waals surface area contributed by atoms with Crippen molar-refractivity contribution in [2.24, 2.45) is 0 Å². The Morgan fingerprint density at radius 2 is 1.42 bits per heavy atom. The molecule has 1 heterocycles. The summed E-state index contributed by atoms with van der Waals surface area (Å²) in [6.45, 7) is 9.22. The summed E-state index contributed by atoms with van der Waals surface area (Å²) in [6, 6.07) is -2.30. The molecule has 0 aliphatic carbocycles. The van der Waals surface area contributed by atoms with Crippen LogP contribution >= 0.6 is 0 Å². The second kappa shape index (κ2) is 10.9. The predicted octanol–water partition coefficient (Wildman–Crippen LogP) is 0.167. The fourth-order valence-corrected chi connectivity index (χ4v) is 2.89. The van der Waals surface area contributed by atoms with Crippen LogP contribution in [0.4, 0.5) is 4.79 Å². The van der Waals surface area contributed by atoms with Crippen LogP contribution in [0.15, 0.2) is 0 Å². The summed E-state index contributed by atoms with van der Waals surface area (Å²) < 4.78 is 26.4. The molecule has 12 heteroatoms. The van der Waals surface area contributed by atoms with Gasteiger partial charge in [-0.05, 0) is 20.8 Å². The smallest absolute Gasteiger partial charge is 0.408 e. The van der Waals surface area contributed by atoms with Gasteiger partial charge in [-0.1, -0.05) is 0 Å². The van der Waals surface area contributed by atoms with E-state index in [9.17, 15) is 24.0 Å². The van der Waals surface area contributed by atoms with Gasteiger partial charge in [0.05, 0.1) is 6.04 Å². The van der Waals surface area contributed by atoms with Crippen molar-refractivity contribution in [3.8, 4) is 0 Å². The number of carbonyl (C=O) groups excluding carboxylic acids is 5. The molecule has 2 amide bonds. The molecule has 0 spiro atoms. The number of rotatable bonds is 6. The van der Waals surface area contributed by atoms with Crippen LogP contribution in [0.5, 0.6) is 0 Å². The number of alkyl carbamates (subject to hydrolysis) is 1. The quantitative estimate of drug-likeness (QED) is 0.426. The van der Waals surface area contributed by atoms with E-state index in [0.29, 0.717) is 0 Å². The van der Waals surface area contributed by atoms with Crippen molar-refractivity contribution in [2.45, 2.75) is 84.6 Å². The molecule has 5 atom stereocenters. The van der Waals surface area contributed by atoms with Gasteiger partial charge in [-0.3, -0.25) is 19.2 Å². The molecule has 1 fully saturated rings. The van der Waals surface area contributed by atoms with E-state index in [2.05, 4.69) is 10.6 Å².